The van der Waals surface area contributed by atoms with Gasteiger partial charge in [0.15, 0.2) is 11.5 Å². The summed E-state index contributed by atoms with van der Waals surface area (Å²) in [7, 11) is 0.672. The Balaban J connectivity index is 1.82. The van der Waals surface area contributed by atoms with Crippen molar-refractivity contribution in [1.29, 1.82) is 0 Å². The first-order valence-corrected chi connectivity index (χ1v) is 10.7. The molecule has 162 valence electrons. The fourth-order valence-electron chi connectivity index (χ4n) is 2.89. The van der Waals surface area contributed by atoms with Crippen LogP contribution in [0.3, 0.4) is 0 Å². The van der Waals surface area contributed by atoms with Crippen molar-refractivity contribution in [2.45, 2.75) is 4.90 Å². The van der Waals surface area contributed by atoms with Gasteiger partial charge in [0, 0.05) is 29.1 Å². The van der Waals surface area contributed by atoms with Crippen molar-refractivity contribution in [1.82, 2.24) is 0 Å². The van der Waals surface area contributed by atoms with Gasteiger partial charge in [-0.1, -0.05) is 24.3 Å². The lowest BCUT2D eigenvalue weighted by Gasteiger charge is -2.15. The molecule has 0 bridgehead atoms. The molecule has 1 amide bonds. The summed E-state index contributed by atoms with van der Waals surface area (Å²) < 4.78 is 43.4. The van der Waals surface area contributed by atoms with Gasteiger partial charge in [0.25, 0.3) is 15.9 Å². The molecule has 3 rings (SSSR count). The predicted octanol–water partition coefficient (Wildman–Crippen LogP) is 3.77. The van der Waals surface area contributed by atoms with Gasteiger partial charge in [-0.25, -0.2) is 8.42 Å². The highest BCUT2D eigenvalue weighted by molar-refractivity contribution is 7.92. The second-order valence-corrected chi connectivity index (χ2v) is 8.05. The third kappa shape index (κ3) is 5.07. The number of amides is 1. The summed E-state index contributed by atoms with van der Waals surface area (Å²) in [5.41, 5.74) is 0.957. The van der Waals surface area contributed by atoms with Crippen LogP contribution in [0.5, 0.6) is 17.2 Å². The van der Waals surface area contributed by atoms with Crippen LogP contribution in [0.25, 0.3) is 0 Å². The largest absolute Gasteiger partial charge is 0.493 e. The monoisotopic (exact) mass is 442 g/mol. The van der Waals surface area contributed by atoms with E-state index in [4.69, 9.17) is 14.2 Å². The van der Waals surface area contributed by atoms with Gasteiger partial charge in [-0.15, -0.1) is 0 Å². The molecular formula is C22H22N2O6S. The Hall–Kier alpha value is -3.72. The lowest BCUT2D eigenvalue weighted by Crippen LogP contribution is -2.15. The van der Waals surface area contributed by atoms with E-state index in [0.717, 1.165) is 0 Å². The standard InChI is InChI=1S/C22H22N2O6S/c1-28-19-13-17(14-20(29-2)21(19)30-3)23-22(25)15-8-7-9-16(12-15)24-31(26,27)18-10-5-4-6-11-18/h4-14,24H,1-3H3,(H,23,25). The quantitative estimate of drug-likeness (QED) is 0.551. The van der Waals surface area contributed by atoms with Crippen LogP contribution in [-0.4, -0.2) is 35.7 Å². The van der Waals surface area contributed by atoms with Crippen molar-refractivity contribution < 1.29 is 27.4 Å². The smallest absolute Gasteiger partial charge is 0.261 e. The maximum absolute atomic E-state index is 12.8. The molecule has 0 fully saturated rings. The van der Waals surface area contributed by atoms with Crippen LogP contribution >= 0.6 is 0 Å². The lowest BCUT2D eigenvalue weighted by molar-refractivity contribution is 0.102. The van der Waals surface area contributed by atoms with Crippen molar-refractivity contribution in [3.05, 3.63) is 72.3 Å². The number of methoxy groups -OCH3 is 3. The summed E-state index contributed by atoms with van der Waals surface area (Å²) in [5.74, 6) is 0.749. The number of hydrogen-bond donors (Lipinski definition) is 2. The first kappa shape index (κ1) is 22.0. The van der Waals surface area contributed by atoms with E-state index in [9.17, 15) is 13.2 Å². The summed E-state index contributed by atoms with van der Waals surface area (Å²) >= 11 is 0. The van der Waals surface area contributed by atoms with Crippen molar-refractivity contribution >= 4 is 27.3 Å². The van der Waals surface area contributed by atoms with Crippen LogP contribution in [0.2, 0.25) is 0 Å². The zero-order valence-electron chi connectivity index (χ0n) is 17.2. The van der Waals surface area contributed by atoms with Gasteiger partial charge in [-0.3, -0.25) is 9.52 Å². The molecule has 31 heavy (non-hydrogen) atoms. The van der Waals surface area contributed by atoms with Crippen LogP contribution in [-0.2, 0) is 10.0 Å². The number of anilines is 2. The van der Waals surface area contributed by atoms with Crippen molar-refractivity contribution in [3.63, 3.8) is 0 Å². The lowest BCUT2D eigenvalue weighted by atomic mass is 10.2. The number of benzene rings is 3. The molecule has 0 saturated carbocycles. The van der Waals surface area contributed by atoms with Crippen LogP contribution < -0.4 is 24.2 Å². The summed E-state index contributed by atoms with van der Waals surface area (Å²) in [4.78, 5) is 12.9. The van der Waals surface area contributed by atoms with Crippen LogP contribution in [0.15, 0.2) is 71.6 Å². The second-order valence-electron chi connectivity index (χ2n) is 6.37. The number of ether oxygens (including phenoxy) is 3. The van der Waals surface area contributed by atoms with Gasteiger partial charge in [0.1, 0.15) is 0 Å². The van der Waals surface area contributed by atoms with Gasteiger partial charge >= 0.3 is 0 Å². The highest BCUT2D eigenvalue weighted by Gasteiger charge is 2.17. The number of rotatable bonds is 8. The van der Waals surface area contributed by atoms with Crippen LogP contribution in [0.4, 0.5) is 11.4 Å². The maximum Gasteiger partial charge on any atom is 0.261 e. The van der Waals surface area contributed by atoms with Crippen LogP contribution in [0, 0.1) is 0 Å². The fourth-order valence-corrected chi connectivity index (χ4v) is 3.96. The fraction of sp³-hybridized carbons (Fsp3) is 0.136. The number of nitrogens with one attached hydrogen (secondary N) is 2. The van der Waals surface area contributed by atoms with Gasteiger partial charge in [-0.05, 0) is 30.3 Å². The van der Waals surface area contributed by atoms with Gasteiger partial charge in [0.05, 0.1) is 26.2 Å². The first-order valence-electron chi connectivity index (χ1n) is 9.17. The molecule has 2 N–H and O–H groups in total. The number of carbonyl (C=O) groups excluding carboxylic acids is 1. The Morgan fingerprint density at radius 2 is 1.42 bits per heavy atom. The number of hydrogen-bond acceptors (Lipinski definition) is 6. The molecule has 0 heterocycles. The Bertz CT molecular complexity index is 1150. The zero-order chi connectivity index (χ0) is 22.4. The topological polar surface area (TPSA) is 103 Å². The summed E-state index contributed by atoms with van der Waals surface area (Å²) in [6, 6.07) is 17.4. The Morgan fingerprint density at radius 1 is 0.774 bits per heavy atom. The zero-order valence-corrected chi connectivity index (χ0v) is 18.0. The van der Waals surface area contributed by atoms with Crippen molar-refractivity contribution in [3.8, 4) is 17.2 Å². The highest BCUT2D eigenvalue weighted by atomic mass is 32.2. The molecule has 0 spiro atoms. The molecular weight excluding hydrogens is 420 g/mol. The van der Waals surface area contributed by atoms with E-state index in [0.29, 0.717) is 22.9 Å². The maximum atomic E-state index is 12.8. The summed E-state index contributed by atoms with van der Waals surface area (Å²) in [6.45, 7) is 0. The molecule has 3 aromatic rings. The van der Waals surface area contributed by atoms with Gasteiger partial charge < -0.3 is 19.5 Å². The van der Waals surface area contributed by atoms with E-state index in [1.165, 1.54) is 39.5 Å². The van der Waals surface area contributed by atoms with Crippen LogP contribution in [0.1, 0.15) is 10.4 Å². The molecule has 0 atom stereocenters. The Kier molecular flexibility index (Phi) is 6.66. The molecule has 8 nitrogen and oxygen atoms in total. The van der Waals surface area contributed by atoms with E-state index < -0.39 is 15.9 Å². The molecule has 3 aromatic carbocycles. The molecule has 0 saturated heterocycles. The SMILES string of the molecule is COc1cc(NC(=O)c2cccc(NS(=O)(=O)c3ccccc3)c2)cc(OC)c1OC. The van der Waals surface area contributed by atoms with E-state index in [1.807, 2.05) is 0 Å². The van der Waals surface area contributed by atoms with E-state index >= 15 is 0 Å². The summed E-state index contributed by atoms with van der Waals surface area (Å²) in [5, 5.41) is 2.75. The van der Waals surface area contributed by atoms with Crippen molar-refractivity contribution in [2.24, 2.45) is 0 Å². The number of carbonyl (C=O) groups is 1. The minimum atomic E-state index is -3.77. The molecule has 0 aliphatic heterocycles. The minimum absolute atomic E-state index is 0.127. The highest BCUT2D eigenvalue weighted by Crippen LogP contribution is 2.40. The number of sulfonamides is 1. The Labute approximate surface area is 180 Å². The second kappa shape index (κ2) is 9.40. The molecule has 0 aliphatic rings. The van der Waals surface area contributed by atoms with Gasteiger partial charge in [-0.2, -0.15) is 0 Å². The molecule has 0 aliphatic carbocycles. The minimum Gasteiger partial charge on any atom is -0.493 e. The van der Waals surface area contributed by atoms with Gasteiger partial charge in [0.2, 0.25) is 5.75 Å². The molecule has 0 radical (unpaired) electrons. The molecule has 0 aromatic heterocycles. The third-order valence-electron chi connectivity index (χ3n) is 4.35. The predicted molar refractivity (Wildman–Crippen MR) is 118 cm³/mol. The van der Waals surface area contributed by atoms with Crippen molar-refractivity contribution in [2.75, 3.05) is 31.4 Å². The first-order chi connectivity index (χ1) is 14.9. The third-order valence-corrected chi connectivity index (χ3v) is 5.75. The summed E-state index contributed by atoms with van der Waals surface area (Å²) in [6.07, 6.45) is 0. The normalized spacial score (nSPS) is 10.8. The van der Waals surface area contributed by atoms with E-state index in [2.05, 4.69) is 10.0 Å². The average molecular weight is 442 g/mol. The average Bonchev–Trinajstić information content (AvgIpc) is 2.78. The molecule has 0 unspecified atom stereocenters. The van der Waals surface area contributed by atoms with E-state index in [-0.39, 0.29) is 16.1 Å². The van der Waals surface area contributed by atoms with E-state index in [1.54, 1.807) is 48.5 Å². The molecule has 9 heteroatoms. The Morgan fingerprint density at radius 3 is 2.00 bits per heavy atom.